The molecular weight excluding hydrogens is 508 g/mol. The number of hydrogen-bond acceptors (Lipinski definition) is 7. The fourth-order valence-electron chi connectivity index (χ4n) is 4.64. The number of H-pyrrole nitrogens is 1. The van der Waals surface area contributed by atoms with Crippen molar-refractivity contribution >= 4 is 17.7 Å². The number of aromatic nitrogens is 4. The lowest BCUT2D eigenvalue weighted by molar-refractivity contribution is -0.139. The second-order valence-electron chi connectivity index (χ2n) is 9.47. The minimum Gasteiger partial charge on any atom is -0.464 e. The van der Waals surface area contributed by atoms with Gasteiger partial charge in [-0.15, -0.1) is 13.2 Å². The number of nitrogens with zero attached hydrogens (tertiary/aromatic N) is 6. The topological polar surface area (TPSA) is 103 Å². The van der Waals surface area contributed by atoms with E-state index in [9.17, 15) is 22.4 Å². The molecule has 210 valence electrons. The first-order valence-corrected chi connectivity index (χ1v) is 12.3. The van der Waals surface area contributed by atoms with E-state index in [4.69, 9.17) is 4.74 Å². The maximum Gasteiger partial charge on any atom is 0.390 e. The molecule has 0 aliphatic carbocycles. The van der Waals surface area contributed by atoms with Gasteiger partial charge in [0, 0.05) is 37.8 Å². The van der Waals surface area contributed by atoms with Crippen LogP contribution in [-0.4, -0.2) is 85.9 Å². The molecule has 2 aliphatic rings. The van der Waals surface area contributed by atoms with Crippen LogP contribution in [0.25, 0.3) is 0 Å². The van der Waals surface area contributed by atoms with Crippen LogP contribution >= 0.6 is 0 Å². The van der Waals surface area contributed by atoms with Crippen molar-refractivity contribution in [3.05, 3.63) is 36.4 Å². The van der Waals surface area contributed by atoms with E-state index < -0.39 is 24.0 Å². The number of aromatic amines is 1. The second kappa shape index (κ2) is 11.5. The number of alkyl halides is 3. The maximum absolute atomic E-state index is 14.3. The number of urea groups is 1. The number of ether oxygens (including phenoxy) is 1. The van der Waals surface area contributed by atoms with E-state index in [1.54, 1.807) is 21.6 Å². The minimum absolute atomic E-state index is 0.0223. The van der Waals surface area contributed by atoms with Gasteiger partial charge in [-0.3, -0.25) is 10.00 Å². The maximum atomic E-state index is 14.3. The molecule has 0 unspecified atom stereocenters. The normalized spacial score (nSPS) is 19.0. The van der Waals surface area contributed by atoms with Crippen molar-refractivity contribution in [1.82, 2.24) is 34.9 Å². The summed E-state index contributed by atoms with van der Waals surface area (Å²) in [6.45, 7) is 14.9. The summed E-state index contributed by atoms with van der Waals surface area (Å²) in [5, 5.41) is 10.1. The molecule has 2 aliphatic heterocycles. The molecule has 0 aromatic carbocycles. The number of nitrogens with one attached hydrogen (secondary N) is 2. The van der Waals surface area contributed by atoms with E-state index in [-0.39, 0.29) is 37.0 Å². The van der Waals surface area contributed by atoms with Crippen LogP contribution in [0.1, 0.15) is 45.4 Å². The van der Waals surface area contributed by atoms with Crippen LogP contribution < -0.4 is 10.1 Å². The highest BCUT2D eigenvalue weighted by atomic mass is 19.4. The number of carbonyl (C=O) groups is 1. The van der Waals surface area contributed by atoms with Crippen molar-refractivity contribution in [3.63, 3.8) is 0 Å². The lowest BCUT2D eigenvalue weighted by Crippen LogP contribution is -2.58. The zero-order valence-electron chi connectivity index (χ0n) is 22.0. The van der Waals surface area contributed by atoms with Gasteiger partial charge < -0.3 is 19.9 Å². The van der Waals surface area contributed by atoms with Gasteiger partial charge in [-0.05, 0) is 27.7 Å². The smallest absolute Gasteiger partial charge is 0.390 e. The summed E-state index contributed by atoms with van der Waals surface area (Å²) in [5.41, 5.74) is 0.655. The highest BCUT2D eigenvalue weighted by Crippen LogP contribution is 2.42. The standard InChI is InChI=1S/C22H30F4N8O2.C2H4/c1-5-36-19-27-10-15(23)18(29-19)28-17-14-12-34(21(3,4)16(14)30-31-17)20(35)33-9-8-32(11-13(33)2)7-6-22(24,25)26;1-2/h10,13H,5-9,11-12H2,1-4H3,(H2,27,28,29,30,31);1-2H2/t13-;/m0./s1. The summed E-state index contributed by atoms with van der Waals surface area (Å²) in [6, 6.07) is -0.448. The summed E-state index contributed by atoms with van der Waals surface area (Å²) < 4.78 is 57.4. The molecule has 2 aromatic rings. The van der Waals surface area contributed by atoms with Gasteiger partial charge in [-0.1, -0.05) is 0 Å². The number of hydrogen-bond donors (Lipinski definition) is 2. The Morgan fingerprint density at radius 3 is 2.63 bits per heavy atom. The number of amides is 2. The monoisotopic (exact) mass is 542 g/mol. The van der Waals surface area contributed by atoms with Crippen molar-refractivity contribution in [3.8, 4) is 6.01 Å². The number of carbonyl (C=O) groups excluding carboxylic acids is 1. The fourth-order valence-corrected chi connectivity index (χ4v) is 4.64. The molecule has 0 bridgehead atoms. The van der Waals surface area contributed by atoms with Crippen molar-refractivity contribution < 1.29 is 27.1 Å². The van der Waals surface area contributed by atoms with Crippen molar-refractivity contribution in [1.29, 1.82) is 0 Å². The van der Waals surface area contributed by atoms with Gasteiger partial charge in [0.2, 0.25) is 0 Å². The number of rotatable bonds is 6. The van der Waals surface area contributed by atoms with Crippen LogP contribution in [0.3, 0.4) is 0 Å². The summed E-state index contributed by atoms with van der Waals surface area (Å²) in [6.07, 6.45) is -4.08. The number of piperazine rings is 1. The minimum atomic E-state index is -4.21. The van der Waals surface area contributed by atoms with E-state index in [0.717, 1.165) is 6.20 Å². The van der Waals surface area contributed by atoms with E-state index in [1.165, 1.54) is 0 Å². The van der Waals surface area contributed by atoms with Crippen LogP contribution in [0, 0.1) is 5.82 Å². The van der Waals surface area contributed by atoms with E-state index in [0.29, 0.717) is 43.3 Å². The molecular formula is C24H34F4N8O2. The summed E-state index contributed by atoms with van der Waals surface area (Å²) >= 11 is 0. The molecule has 0 radical (unpaired) electrons. The molecule has 2 aromatic heterocycles. The van der Waals surface area contributed by atoms with Crippen LogP contribution in [0.2, 0.25) is 0 Å². The first kappa shape index (κ1) is 29.1. The zero-order valence-corrected chi connectivity index (χ0v) is 22.0. The number of fused-ring (bicyclic) bond motifs is 1. The van der Waals surface area contributed by atoms with Gasteiger partial charge in [0.05, 0.1) is 37.0 Å². The molecule has 2 N–H and O–H groups in total. The van der Waals surface area contributed by atoms with Gasteiger partial charge in [-0.2, -0.15) is 23.3 Å². The van der Waals surface area contributed by atoms with Crippen molar-refractivity contribution in [2.75, 3.05) is 38.1 Å². The van der Waals surface area contributed by atoms with Gasteiger partial charge in [0.15, 0.2) is 17.5 Å². The Bertz CT molecular complexity index is 1120. The Balaban J connectivity index is 0.00000195. The van der Waals surface area contributed by atoms with Crippen LogP contribution in [0.4, 0.5) is 34.0 Å². The lowest BCUT2D eigenvalue weighted by atomic mass is 10.0. The Labute approximate surface area is 219 Å². The second-order valence-corrected chi connectivity index (χ2v) is 9.47. The number of halogens is 4. The molecule has 10 nitrogen and oxygen atoms in total. The first-order valence-electron chi connectivity index (χ1n) is 12.3. The molecule has 1 saturated heterocycles. The molecule has 14 heteroatoms. The third-order valence-electron chi connectivity index (χ3n) is 6.60. The lowest BCUT2D eigenvalue weighted by Gasteiger charge is -2.44. The third-order valence-corrected chi connectivity index (χ3v) is 6.60. The van der Waals surface area contributed by atoms with Crippen molar-refractivity contribution in [2.24, 2.45) is 0 Å². The molecule has 1 atom stereocenters. The number of anilines is 2. The Kier molecular flexibility index (Phi) is 8.85. The van der Waals surface area contributed by atoms with Crippen molar-refractivity contribution in [2.45, 2.75) is 58.4 Å². The largest absolute Gasteiger partial charge is 0.464 e. The molecule has 1 fully saturated rings. The molecule has 0 saturated carbocycles. The van der Waals surface area contributed by atoms with E-state index >= 15 is 0 Å². The SMILES string of the molecule is C=C.CCOc1ncc(F)c(Nc2n[nH]c3c2CN(C(=O)N2CCN(CCC(F)(F)F)C[C@@H]2C)C3(C)C)n1. The van der Waals surface area contributed by atoms with Crippen LogP contribution in [0.15, 0.2) is 19.4 Å². The highest BCUT2D eigenvalue weighted by Gasteiger charge is 2.46. The Morgan fingerprint density at radius 2 is 2.00 bits per heavy atom. The first-order chi connectivity index (χ1) is 17.9. The van der Waals surface area contributed by atoms with Gasteiger partial charge in [-0.25, -0.2) is 14.2 Å². The molecule has 38 heavy (non-hydrogen) atoms. The van der Waals surface area contributed by atoms with Gasteiger partial charge >= 0.3 is 18.2 Å². The van der Waals surface area contributed by atoms with Gasteiger partial charge in [0.25, 0.3) is 0 Å². The van der Waals surface area contributed by atoms with E-state index in [2.05, 4.69) is 38.6 Å². The summed E-state index contributed by atoms with van der Waals surface area (Å²) in [5.74, 6) is -0.454. The predicted molar refractivity (Wildman–Crippen MR) is 134 cm³/mol. The quantitative estimate of drug-likeness (QED) is 0.412. The van der Waals surface area contributed by atoms with E-state index in [1.807, 2.05) is 20.8 Å². The average molecular weight is 543 g/mol. The van der Waals surface area contributed by atoms with Gasteiger partial charge in [0.1, 0.15) is 0 Å². The summed E-state index contributed by atoms with van der Waals surface area (Å²) in [4.78, 5) is 26.5. The zero-order chi connectivity index (χ0) is 28.3. The fraction of sp³-hybridized carbons (Fsp3) is 0.583. The molecule has 4 rings (SSSR count). The van der Waals surface area contributed by atoms with Crippen LogP contribution in [0.5, 0.6) is 6.01 Å². The predicted octanol–water partition coefficient (Wildman–Crippen LogP) is 4.41. The summed E-state index contributed by atoms with van der Waals surface area (Å²) in [7, 11) is 0. The highest BCUT2D eigenvalue weighted by molar-refractivity contribution is 5.78. The molecule has 4 heterocycles. The molecule has 0 spiro atoms. The van der Waals surface area contributed by atoms with Crippen LogP contribution in [-0.2, 0) is 12.1 Å². The Morgan fingerprint density at radius 1 is 1.29 bits per heavy atom. The average Bonchev–Trinajstić information content (AvgIpc) is 3.38. The Hall–Kier alpha value is -3.42. The molecule has 2 amide bonds. The third kappa shape index (κ3) is 6.17.